The van der Waals surface area contributed by atoms with Crippen LogP contribution in [0.15, 0.2) is 5.38 Å². The Hall–Kier alpha value is -0.160. The molecule has 1 N–H and O–H groups in total. The number of fused-ring (bicyclic) bond motifs is 2. The summed E-state index contributed by atoms with van der Waals surface area (Å²) in [4.78, 5) is 7.35. The Morgan fingerprint density at radius 2 is 1.90 bits per heavy atom. The third-order valence-electron chi connectivity index (χ3n) is 4.68. The highest BCUT2D eigenvalue weighted by Crippen LogP contribution is 2.30. The van der Waals surface area contributed by atoms with Gasteiger partial charge in [0.2, 0.25) is 0 Å². The summed E-state index contributed by atoms with van der Waals surface area (Å²) < 4.78 is 0. The monoisotopic (exact) mass is 329 g/mol. The second kappa shape index (κ2) is 6.53. The molecule has 1 aromatic heterocycles. The topological polar surface area (TPSA) is 28.2 Å². The second-order valence-electron chi connectivity index (χ2n) is 7.57. The van der Waals surface area contributed by atoms with E-state index in [9.17, 15) is 0 Å². The zero-order valence-corrected chi connectivity index (χ0v) is 15.2. The molecule has 5 heteroatoms. The van der Waals surface area contributed by atoms with Gasteiger partial charge in [-0.25, -0.2) is 4.98 Å². The molecule has 2 unspecified atom stereocenters. The van der Waals surface area contributed by atoms with Gasteiger partial charge < -0.3 is 5.32 Å². The van der Waals surface area contributed by atoms with Crippen molar-refractivity contribution in [3.05, 3.63) is 16.1 Å². The summed E-state index contributed by atoms with van der Waals surface area (Å²) in [6, 6.07) is 2.26. The van der Waals surface area contributed by atoms with Gasteiger partial charge in [0, 0.05) is 35.5 Å². The molecule has 3 rings (SSSR count). The van der Waals surface area contributed by atoms with Crippen LogP contribution in [0.5, 0.6) is 0 Å². The molecular formula is C16H28ClN3S. The maximum Gasteiger partial charge on any atom is 0.0982 e. The highest BCUT2D eigenvalue weighted by atomic mass is 35.5. The lowest BCUT2D eigenvalue weighted by Crippen LogP contribution is -2.46. The molecule has 1 aromatic rings. The molecule has 0 aromatic carbocycles. The summed E-state index contributed by atoms with van der Waals surface area (Å²) in [5, 5.41) is 7.22. The maximum atomic E-state index is 4.83. The van der Waals surface area contributed by atoms with E-state index < -0.39 is 0 Å². The van der Waals surface area contributed by atoms with Gasteiger partial charge in [-0.1, -0.05) is 20.8 Å². The Morgan fingerprint density at radius 3 is 2.43 bits per heavy atom. The first kappa shape index (κ1) is 17.2. The quantitative estimate of drug-likeness (QED) is 0.918. The van der Waals surface area contributed by atoms with Gasteiger partial charge in [-0.3, -0.25) is 4.90 Å². The van der Waals surface area contributed by atoms with Crippen molar-refractivity contribution in [1.29, 1.82) is 0 Å². The Bertz CT molecular complexity index is 456. The van der Waals surface area contributed by atoms with Gasteiger partial charge in [0.25, 0.3) is 0 Å². The van der Waals surface area contributed by atoms with Crippen LogP contribution in [0.1, 0.15) is 57.2 Å². The summed E-state index contributed by atoms with van der Waals surface area (Å²) in [5.41, 5.74) is 1.42. The molecule has 0 saturated carbocycles. The molecule has 2 bridgehead atoms. The summed E-state index contributed by atoms with van der Waals surface area (Å²) in [5.74, 6) is 0. The van der Waals surface area contributed by atoms with E-state index in [1.807, 2.05) is 11.3 Å². The molecule has 2 atom stereocenters. The summed E-state index contributed by atoms with van der Waals surface area (Å²) in [6.07, 6.45) is 5.37. The van der Waals surface area contributed by atoms with E-state index in [1.165, 1.54) is 36.4 Å². The van der Waals surface area contributed by atoms with Gasteiger partial charge in [-0.2, -0.15) is 0 Å². The third-order valence-corrected chi connectivity index (χ3v) is 5.99. The van der Waals surface area contributed by atoms with E-state index in [2.05, 4.69) is 43.4 Å². The Kier molecular flexibility index (Phi) is 5.35. The number of piperidine rings is 1. The number of hydrogen-bond donors (Lipinski definition) is 1. The minimum atomic E-state index is 0. The Balaban J connectivity index is 0.00000161. The van der Waals surface area contributed by atoms with E-state index in [-0.39, 0.29) is 17.8 Å². The van der Waals surface area contributed by atoms with Crippen LogP contribution in [0.4, 0.5) is 0 Å². The zero-order valence-electron chi connectivity index (χ0n) is 13.6. The van der Waals surface area contributed by atoms with Gasteiger partial charge in [0.15, 0.2) is 0 Å². The molecule has 0 radical (unpaired) electrons. The Labute approximate surface area is 138 Å². The van der Waals surface area contributed by atoms with Crippen molar-refractivity contribution >= 4 is 23.7 Å². The fourth-order valence-electron chi connectivity index (χ4n) is 3.50. The maximum absolute atomic E-state index is 4.83. The van der Waals surface area contributed by atoms with E-state index in [4.69, 9.17) is 4.98 Å². The van der Waals surface area contributed by atoms with Crippen molar-refractivity contribution in [3.8, 4) is 0 Å². The van der Waals surface area contributed by atoms with Crippen molar-refractivity contribution < 1.29 is 0 Å². The second-order valence-corrected chi connectivity index (χ2v) is 8.43. The number of halogens is 1. The molecular weight excluding hydrogens is 302 g/mol. The number of rotatable bonds is 3. The lowest BCUT2D eigenvalue weighted by molar-refractivity contribution is 0.164. The average molecular weight is 330 g/mol. The first-order valence-corrected chi connectivity index (χ1v) is 8.71. The number of thiazole rings is 1. The molecule has 3 heterocycles. The number of aromatic nitrogens is 1. The van der Waals surface area contributed by atoms with Gasteiger partial charge in [-0.05, 0) is 32.7 Å². The third kappa shape index (κ3) is 3.98. The Morgan fingerprint density at radius 1 is 1.29 bits per heavy atom. The van der Waals surface area contributed by atoms with E-state index in [0.717, 1.165) is 24.7 Å². The molecule has 21 heavy (non-hydrogen) atoms. The predicted molar refractivity (Wildman–Crippen MR) is 92.5 cm³/mol. The van der Waals surface area contributed by atoms with Crippen LogP contribution < -0.4 is 5.32 Å². The molecule has 120 valence electrons. The van der Waals surface area contributed by atoms with Gasteiger partial charge in [-0.15, -0.1) is 23.7 Å². The van der Waals surface area contributed by atoms with Crippen molar-refractivity contribution in [2.45, 2.75) is 76.5 Å². The molecule has 3 nitrogen and oxygen atoms in total. The number of nitrogens with one attached hydrogen (secondary N) is 1. The van der Waals surface area contributed by atoms with Crippen LogP contribution in [-0.2, 0) is 12.0 Å². The standard InChI is InChI=1S/C16H27N3S.ClH/c1-16(2,3)15-18-13(10-20-15)9-19(4)14-7-11-5-6-12(8-14)17-11;/h10-12,14,17H,5-9H2,1-4H3;1H. The van der Waals surface area contributed by atoms with Crippen molar-refractivity contribution in [3.63, 3.8) is 0 Å². The zero-order chi connectivity index (χ0) is 14.3. The van der Waals surface area contributed by atoms with Crippen molar-refractivity contribution in [1.82, 2.24) is 15.2 Å². The smallest absolute Gasteiger partial charge is 0.0982 e. The molecule has 0 aliphatic carbocycles. The normalized spacial score (nSPS) is 28.7. The van der Waals surface area contributed by atoms with Crippen LogP contribution >= 0.6 is 23.7 Å². The van der Waals surface area contributed by atoms with E-state index in [0.29, 0.717) is 0 Å². The van der Waals surface area contributed by atoms with Crippen molar-refractivity contribution in [2.24, 2.45) is 0 Å². The van der Waals surface area contributed by atoms with Crippen LogP contribution in [0, 0.1) is 0 Å². The molecule has 0 amide bonds. The molecule has 2 aliphatic heterocycles. The highest BCUT2D eigenvalue weighted by molar-refractivity contribution is 7.09. The molecule has 2 aliphatic rings. The fourth-order valence-corrected chi connectivity index (χ4v) is 4.39. The number of hydrogen-bond acceptors (Lipinski definition) is 4. The summed E-state index contributed by atoms with van der Waals surface area (Å²) in [6.45, 7) is 7.72. The largest absolute Gasteiger partial charge is 0.311 e. The van der Waals surface area contributed by atoms with Crippen LogP contribution in [-0.4, -0.2) is 35.1 Å². The minimum Gasteiger partial charge on any atom is -0.311 e. The summed E-state index contributed by atoms with van der Waals surface area (Å²) >= 11 is 1.81. The van der Waals surface area contributed by atoms with E-state index in [1.54, 1.807) is 0 Å². The molecule has 0 spiro atoms. The fraction of sp³-hybridized carbons (Fsp3) is 0.812. The van der Waals surface area contributed by atoms with Crippen molar-refractivity contribution in [2.75, 3.05) is 7.05 Å². The average Bonchev–Trinajstić information content (AvgIpc) is 2.96. The first-order valence-electron chi connectivity index (χ1n) is 7.83. The SMILES string of the molecule is CN(Cc1csc(C(C)(C)C)n1)C1CC2CCC(C1)N2.Cl. The van der Waals surface area contributed by atoms with Crippen LogP contribution in [0.25, 0.3) is 0 Å². The lowest BCUT2D eigenvalue weighted by Gasteiger charge is -2.35. The van der Waals surface area contributed by atoms with E-state index >= 15 is 0 Å². The van der Waals surface area contributed by atoms with Crippen LogP contribution in [0.3, 0.4) is 0 Å². The van der Waals surface area contributed by atoms with Gasteiger partial charge >= 0.3 is 0 Å². The lowest BCUT2D eigenvalue weighted by atomic mass is 9.98. The summed E-state index contributed by atoms with van der Waals surface area (Å²) in [7, 11) is 2.27. The number of nitrogens with zero attached hydrogens (tertiary/aromatic N) is 2. The highest BCUT2D eigenvalue weighted by Gasteiger charge is 2.35. The van der Waals surface area contributed by atoms with Crippen LogP contribution in [0.2, 0.25) is 0 Å². The molecule has 2 saturated heterocycles. The van der Waals surface area contributed by atoms with Gasteiger partial charge in [0.1, 0.15) is 0 Å². The van der Waals surface area contributed by atoms with Gasteiger partial charge in [0.05, 0.1) is 10.7 Å². The molecule has 2 fully saturated rings. The first-order chi connectivity index (χ1) is 9.41. The predicted octanol–water partition coefficient (Wildman–Crippen LogP) is 3.58. The minimum absolute atomic E-state index is 0.